The Morgan fingerprint density at radius 1 is 1.15 bits per heavy atom. The second-order valence-corrected chi connectivity index (χ2v) is 11.9. The van der Waals surface area contributed by atoms with Gasteiger partial charge in [-0.15, -0.1) is 0 Å². The largest absolute Gasteiger partial charge is 0.468 e. The number of fused-ring (bicyclic) bond motifs is 1. The average Bonchev–Trinajstić information content (AvgIpc) is 3.47. The molecule has 0 N–H and O–H groups in total. The van der Waals surface area contributed by atoms with Gasteiger partial charge in [0.2, 0.25) is 11.8 Å². The minimum atomic E-state index is -1.23. The maximum atomic E-state index is 14.2. The molecule has 212 valence electrons. The Bertz CT molecular complexity index is 1150. The van der Waals surface area contributed by atoms with E-state index < -0.39 is 23.4 Å². The minimum absolute atomic E-state index is 0.00548. The summed E-state index contributed by atoms with van der Waals surface area (Å²) >= 11 is 12.7. The normalized spacial score (nSPS) is 29.7. The highest BCUT2D eigenvalue weighted by Gasteiger charge is 2.60. The van der Waals surface area contributed by atoms with E-state index >= 15 is 0 Å². The quantitative estimate of drug-likeness (QED) is 0.458. The lowest BCUT2D eigenvalue weighted by atomic mass is 9.66. The molecule has 1 aromatic rings. The molecule has 3 aliphatic heterocycles. The van der Waals surface area contributed by atoms with E-state index in [9.17, 15) is 14.4 Å². The summed E-state index contributed by atoms with van der Waals surface area (Å²) in [7, 11) is 1.36. The van der Waals surface area contributed by atoms with Crippen molar-refractivity contribution in [3.8, 4) is 0 Å². The first-order valence-electron chi connectivity index (χ1n) is 13.8. The van der Waals surface area contributed by atoms with E-state index in [1.165, 1.54) is 7.11 Å². The fraction of sp³-hybridized carbons (Fsp3) is 0.621. The Labute approximate surface area is 239 Å². The lowest BCUT2D eigenvalue weighted by Crippen LogP contribution is -2.60. The van der Waals surface area contributed by atoms with Gasteiger partial charge >= 0.3 is 5.97 Å². The standard InChI is InChI=1S/C29H36Cl2N2O6/c1-18-29(28(36)37-2)16-21(13-26(34)32-9-11-38-12-10-32)27(35)33(17-20-7-8-22(30)14-23(20)31)25(29)15-24(39-18)19-5-3-4-6-19/h7-8,14-15,18-19,21,24H,3-6,9-13,16-17H2,1-2H3/t18-,21+,24-,29+/m1/s1. The molecule has 5 rings (SSSR count). The average molecular weight is 580 g/mol. The molecule has 1 saturated carbocycles. The number of nitrogens with zero attached hydrogens (tertiary/aromatic N) is 2. The van der Waals surface area contributed by atoms with Gasteiger partial charge in [0, 0.05) is 41.2 Å². The molecule has 39 heavy (non-hydrogen) atoms. The van der Waals surface area contributed by atoms with Crippen LogP contribution < -0.4 is 0 Å². The summed E-state index contributed by atoms with van der Waals surface area (Å²) in [4.78, 5) is 44.5. The van der Waals surface area contributed by atoms with E-state index in [4.69, 9.17) is 37.4 Å². The number of rotatable bonds is 6. The number of likely N-dealkylation sites (tertiary alicyclic amines) is 1. The molecule has 0 spiro atoms. The number of hydrogen-bond donors (Lipinski definition) is 0. The van der Waals surface area contributed by atoms with Crippen LogP contribution in [-0.2, 0) is 35.1 Å². The van der Waals surface area contributed by atoms with Crippen LogP contribution in [0.3, 0.4) is 0 Å². The summed E-state index contributed by atoms with van der Waals surface area (Å²) in [6, 6.07) is 5.16. The predicted octanol–water partition coefficient (Wildman–Crippen LogP) is 4.61. The Hall–Kier alpha value is -2.13. The molecule has 0 radical (unpaired) electrons. The highest BCUT2D eigenvalue weighted by atomic mass is 35.5. The van der Waals surface area contributed by atoms with Crippen LogP contribution in [0.2, 0.25) is 10.0 Å². The van der Waals surface area contributed by atoms with E-state index in [1.807, 2.05) is 13.0 Å². The minimum Gasteiger partial charge on any atom is -0.468 e. The molecular weight excluding hydrogens is 543 g/mol. The SMILES string of the molecule is COC(=O)[C@]12C[C@H](CC(=O)N3CCOCC3)C(=O)N(Cc3ccc(Cl)cc3Cl)C1=C[C@H](C1CCCC1)O[C@@H]2C. The third kappa shape index (κ3) is 5.45. The molecule has 3 fully saturated rings. The molecule has 4 aliphatic rings. The Morgan fingerprint density at radius 2 is 1.87 bits per heavy atom. The molecule has 0 bridgehead atoms. The van der Waals surface area contributed by atoms with E-state index in [1.54, 1.807) is 28.0 Å². The first kappa shape index (κ1) is 28.4. The monoisotopic (exact) mass is 578 g/mol. The fourth-order valence-electron chi connectivity index (χ4n) is 6.68. The van der Waals surface area contributed by atoms with Crippen molar-refractivity contribution < 1.29 is 28.6 Å². The number of ether oxygens (including phenoxy) is 3. The molecule has 2 saturated heterocycles. The molecule has 1 aliphatic carbocycles. The lowest BCUT2D eigenvalue weighted by Gasteiger charge is -2.52. The number of amides is 2. The van der Waals surface area contributed by atoms with Crippen molar-refractivity contribution in [3.63, 3.8) is 0 Å². The van der Waals surface area contributed by atoms with Crippen LogP contribution >= 0.6 is 23.2 Å². The number of carbonyl (C=O) groups is 3. The number of esters is 1. The number of benzene rings is 1. The molecule has 1 aromatic carbocycles. The zero-order valence-corrected chi connectivity index (χ0v) is 24.0. The first-order valence-corrected chi connectivity index (χ1v) is 14.6. The fourth-order valence-corrected chi connectivity index (χ4v) is 7.15. The smallest absolute Gasteiger partial charge is 0.320 e. The summed E-state index contributed by atoms with van der Waals surface area (Å²) in [5.41, 5.74) is 0.0639. The van der Waals surface area contributed by atoms with Gasteiger partial charge in [0.25, 0.3) is 0 Å². The Balaban J connectivity index is 1.56. The molecule has 10 heteroatoms. The zero-order chi connectivity index (χ0) is 27.7. The topological polar surface area (TPSA) is 85.4 Å². The number of morpholine rings is 1. The summed E-state index contributed by atoms with van der Waals surface area (Å²) < 4.78 is 17.3. The lowest BCUT2D eigenvalue weighted by molar-refractivity contribution is -0.178. The number of hydrogen-bond acceptors (Lipinski definition) is 6. The van der Waals surface area contributed by atoms with Crippen LogP contribution in [0.4, 0.5) is 0 Å². The maximum Gasteiger partial charge on any atom is 0.320 e. The third-order valence-corrected chi connectivity index (χ3v) is 9.44. The second kappa shape index (κ2) is 11.8. The Morgan fingerprint density at radius 3 is 2.54 bits per heavy atom. The van der Waals surface area contributed by atoms with Gasteiger partial charge in [-0.2, -0.15) is 0 Å². The summed E-state index contributed by atoms with van der Waals surface area (Å²) in [5, 5.41) is 0.922. The van der Waals surface area contributed by atoms with Gasteiger partial charge in [-0.3, -0.25) is 14.4 Å². The third-order valence-electron chi connectivity index (χ3n) is 8.85. The summed E-state index contributed by atoms with van der Waals surface area (Å²) in [6.45, 7) is 3.94. The van der Waals surface area contributed by atoms with E-state index in [0.29, 0.717) is 53.5 Å². The number of piperidine rings is 1. The highest BCUT2D eigenvalue weighted by molar-refractivity contribution is 6.35. The highest BCUT2D eigenvalue weighted by Crippen LogP contribution is 2.52. The second-order valence-electron chi connectivity index (χ2n) is 11.1. The van der Waals surface area contributed by atoms with Crippen LogP contribution in [0, 0.1) is 17.3 Å². The van der Waals surface area contributed by atoms with Crippen molar-refractivity contribution in [2.75, 3.05) is 33.4 Å². The van der Waals surface area contributed by atoms with Crippen LogP contribution in [0.15, 0.2) is 30.0 Å². The summed E-state index contributed by atoms with van der Waals surface area (Å²) in [6.07, 6.45) is 5.70. The van der Waals surface area contributed by atoms with Crippen molar-refractivity contribution in [1.29, 1.82) is 0 Å². The van der Waals surface area contributed by atoms with Gasteiger partial charge in [0.1, 0.15) is 5.41 Å². The number of halogens is 2. The molecule has 8 nitrogen and oxygen atoms in total. The van der Waals surface area contributed by atoms with Gasteiger partial charge in [-0.1, -0.05) is 42.1 Å². The van der Waals surface area contributed by atoms with Crippen molar-refractivity contribution in [2.24, 2.45) is 17.3 Å². The van der Waals surface area contributed by atoms with E-state index in [-0.39, 0.29) is 37.3 Å². The predicted molar refractivity (Wildman–Crippen MR) is 146 cm³/mol. The van der Waals surface area contributed by atoms with Crippen LogP contribution in [0.1, 0.15) is 51.0 Å². The van der Waals surface area contributed by atoms with Gasteiger partial charge in [-0.25, -0.2) is 0 Å². The van der Waals surface area contributed by atoms with E-state index in [0.717, 1.165) is 25.7 Å². The van der Waals surface area contributed by atoms with Crippen LogP contribution in [0.5, 0.6) is 0 Å². The molecule has 0 aromatic heterocycles. The molecule has 0 unspecified atom stereocenters. The molecular formula is C29H36Cl2N2O6. The van der Waals surface area contributed by atoms with Crippen LogP contribution in [0.25, 0.3) is 0 Å². The van der Waals surface area contributed by atoms with Gasteiger partial charge in [0.05, 0.1) is 39.1 Å². The number of carbonyl (C=O) groups excluding carboxylic acids is 3. The van der Waals surface area contributed by atoms with Gasteiger partial charge < -0.3 is 24.0 Å². The van der Waals surface area contributed by atoms with Crippen molar-refractivity contribution in [2.45, 2.75) is 64.2 Å². The molecule has 4 atom stereocenters. The van der Waals surface area contributed by atoms with Crippen molar-refractivity contribution in [3.05, 3.63) is 45.6 Å². The van der Waals surface area contributed by atoms with Gasteiger partial charge in [-0.05, 0) is 55.9 Å². The summed E-state index contributed by atoms with van der Waals surface area (Å²) in [5.74, 6) is -1.19. The van der Waals surface area contributed by atoms with Gasteiger partial charge in [0.15, 0.2) is 0 Å². The van der Waals surface area contributed by atoms with Crippen molar-refractivity contribution >= 4 is 41.0 Å². The number of methoxy groups -OCH3 is 1. The first-order chi connectivity index (χ1) is 18.7. The Kier molecular flexibility index (Phi) is 8.57. The zero-order valence-electron chi connectivity index (χ0n) is 22.5. The van der Waals surface area contributed by atoms with Crippen molar-refractivity contribution in [1.82, 2.24) is 9.80 Å². The van der Waals surface area contributed by atoms with E-state index in [2.05, 4.69) is 0 Å². The maximum absolute atomic E-state index is 14.2. The molecule has 2 amide bonds. The molecule has 3 heterocycles. The van der Waals surface area contributed by atoms with Crippen LogP contribution in [-0.4, -0.2) is 73.2 Å².